The van der Waals surface area contributed by atoms with E-state index in [1.54, 1.807) is 31.2 Å². The van der Waals surface area contributed by atoms with E-state index >= 15 is 0 Å². The van der Waals surface area contributed by atoms with Gasteiger partial charge in [-0.15, -0.1) is 0 Å². The Morgan fingerprint density at radius 2 is 1.71 bits per heavy atom. The molecule has 0 aromatic heterocycles. The molecule has 0 aliphatic carbocycles. The lowest BCUT2D eigenvalue weighted by Crippen LogP contribution is -2.24. The van der Waals surface area contributed by atoms with Crippen molar-refractivity contribution in [1.29, 1.82) is 0 Å². The van der Waals surface area contributed by atoms with Crippen LogP contribution >= 0.6 is 0 Å². The highest BCUT2D eigenvalue weighted by Gasteiger charge is 2.15. The van der Waals surface area contributed by atoms with Crippen LogP contribution in [0, 0.1) is 13.8 Å². The van der Waals surface area contributed by atoms with E-state index in [1.807, 2.05) is 32.0 Å². The maximum Gasteiger partial charge on any atom is 0.346 e. The molecule has 0 saturated carbocycles. The van der Waals surface area contributed by atoms with Crippen molar-refractivity contribution in [2.45, 2.75) is 26.9 Å². The van der Waals surface area contributed by atoms with E-state index in [1.165, 1.54) is 7.11 Å². The van der Waals surface area contributed by atoms with E-state index in [4.69, 9.17) is 4.74 Å². The van der Waals surface area contributed by atoms with Crippen LogP contribution in [0.25, 0.3) is 0 Å². The predicted octanol–water partition coefficient (Wildman–Crippen LogP) is 3.50. The van der Waals surface area contributed by atoms with Crippen LogP contribution < -0.4 is 10.1 Å². The number of anilines is 1. The molecule has 5 heteroatoms. The SMILES string of the molecule is COC(=O)C(C)Oc1ccc(C(=O)Nc2cccc(C)c2C)cc1. The maximum atomic E-state index is 12.3. The summed E-state index contributed by atoms with van der Waals surface area (Å²) in [6.07, 6.45) is -0.704. The Hall–Kier alpha value is -2.82. The molecule has 5 nitrogen and oxygen atoms in total. The van der Waals surface area contributed by atoms with Crippen LogP contribution in [0.15, 0.2) is 42.5 Å². The summed E-state index contributed by atoms with van der Waals surface area (Å²) in [5.41, 5.74) is 3.46. The molecular formula is C19H21NO4. The van der Waals surface area contributed by atoms with Crippen LogP contribution in [-0.4, -0.2) is 25.1 Å². The van der Waals surface area contributed by atoms with Gasteiger partial charge in [-0.2, -0.15) is 0 Å². The second-order valence-electron chi connectivity index (χ2n) is 5.51. The zero-order chi connectivity index (χ0) is 17.7. The predicted molar refractivity (Wildman–Crippen MR) is 92.4 cm³/mol. The molecule has 1 atom stereocenters. The quantitative estimate of drug-likeness (QED) is 0.854. The van der Waals surface area contributed by atoms with Crippen LogP contribution in [0.3, 0.4) is 0 Å². The molecule has 2 rings (SSSR count). The minimum Gasteiger partial charge on any atom is -0.479 e. The topological polar surface area (TPSA) is 64.6 Å². The first-order chi connectivity index (χ1) is 11.4. The number of esters is 1. The van der Waals surface area contributed by atoms with Gasteiger partial charge in [0.2, 0.25) is 0 Å². The number of hydrogen-bond donors (Lipinski definition) is 1. The van der Waals surface area contributed by atoms with E-state index in [-0.39, 0.29) is 5.91 Å². The lowest BCUT2D eigenvalue weighted by Gasteiger charge is -2.13. The van der Waals surface area contributed by atoms with Crippen LogP contribution in [-0.2, 0) is 9.53 Å². The summed E-state index contributed by atoms with van der Waals surface area (Å²) in [6.45, 7) is 5.57. The summed E-state index contributed by atoms with van der Waals surface area (Å²) in [6, 6.07) is 12.4. The highest BCUT2D eigenvalue weighted by Crippen LogP contribution is 2.20. The summed E-state index contributed by atoms with van der Waals surface area (Å²) in [5, 5.41) is 2.90. The van der Waals surface area contributed by atoms with Gasteiger partial charge in [0.25, 0.3) is 5.91 Å². The number of methoxy groups -OCH3 is 1. The Bertz CT molecular complexity index is 738. The van der Waals surface area contributed by atoms with Gasteiger partial charge < -0.3 is 14.8 Å². The smallest absolute Gasteiger partial charge is 0.346 e. The number of hydrogen-bond acceptors (Lipinski definition) is 4. The highest BCUT2D eigenvalue weighted by atomic mass is 16.6. The standard InChI is InChI=1S/C19H21NO4/c1-12-6-5-7-17(13(12)2)20-18(21)15-8-10-16(11-9-15)24-14(3)19(22)23-4/h5-11,14H,1-4H3,(H,20,21). The van der Waals surface area contributed by atoms with Gasteiger partial charge in [0, 0.05) is 11.3 Å². The Kier molecular flexibility index (Phi) is 5.58. The highest BCUT2D eigenvalue weighted by molar-refractivity contribution is 6.04. The number of nitrogens with one attached hydrogen (secondary N) is 1. The third-order valence-electron chi connectivity index (χ3n) is 3.82. The Morgan fingerprint density at radius 3 is 2.33 bits per heavy atom. The van der Waals surface area contributed by atoms with Gasteiger partial charge in [0.1, 0.15) is 5.75 Å². The van der Waals surface area contributed by atoms with Crippen molar-refractivity contribution in [2.75, 3.05) is 12.4 Å². The first-order valence-corrected chi connectivity index (χ1v) is 7.64. The largest absolute Gasteiger partial charge is 0.479 e. The van der Waals surface area contributed by atoms with Gasteiger partial charge in [-0.05, 0) is 62.2 Å². The molecule has 2 aromatic rings. The molecule has 0 radical (unpaired) electrons. The summed E-state index contributed by atoms with van der Waals surface area (Å²) in [4.78, 5) is 23.7. The second kappa shape index (κ2) is 7.64. The number of benzene rings is 2. The first kappa shape index (κ1) is 17.5. The van der Waals surface area contributed by atoms with Gasteiger partial charge in [0.15, 0.2) is 6.10 Å². The van der Waals surface area contributed by atoms with Crippen LogP contribution in [0.2, 0.25) is 0 Å². The van der Waals surface area contributed by atoms with Crippen LogP contribution in [0.4, 0.5) is 5.69 Å². The van der Waals surface area contributed by atoms with E-state index in [9.17, 15) is 9.59 Å². The minimum absolute atomic E-state index is 0.198. The lowest BCUT2D eigenvalue weighted by atomic mass is 10.1. The van der Waals surface area contributed by atoms with E-state index in [0.717, 1.165) is 16.8 Å². The summed E-state index contributed by atoms with van der Waals surface area (Å²) in [7, 11) is 1.31. The third-order valence-corrected chi connectivity index (χ3v) is 3.82. The molecule has 2 aromatic carbocycles. The van der Waals surface area contributed by atoms with Gasteiger partial charge in [0.05, 0.1) is 7.11 Å². The maximum absolute atomic E-state index is 12.3. The van der Waals surface area contributed by atoms with Gasteiger partial charge >= 0.3 is 5.97 Å². The summed E-state index contributed by atoms with van der Waals surface area (Å²) >= 11 is 0. The number of amides is 1. The third kappa shape index (κ3) is 4.13. The molecule has 1 unspecified atom stereocenters. The van der Waals surface area contributed by atoms with Crippen molar-refractivity contribution in [1.82, 2.24) is 0 Å². The zero-order valence-corrected chi connectivity index (χ0v) is 14.3. The molecule has 1 amide bonds. The molecule has 0 aliphatic rings. The lowest BCUT2D eigenvalue weighted by molar-refractivity contribution is -0.147. The van der Waals surface area contributed by atoms with Crippen LogP contribution in [0.1, 0.15) is 28.4 Å². The average Bonchev–Trinajstić information content (AvgIpc) is 2.58. The number of carbonyl (C=O) groups is 2. The second-order valence-corrected chi connectivity index (χ2v) is 5.51. The van der Waals surface area contributed by atoms with Crippen molar-refractivity contribution in [2.24, 2.45) is 0 Å². The first-order valence-electron chi connectivity index (χ1n) is 7.64. The van der Waals surface area contributed by atoms with Gasteiger partial charge in [-0.3, -0.25) is 4.79 Å². The van der Waals surface area contributed by atoms with Gasteiger partial charge in [-0.1, -0.05) is 12.1 Å². The normalized spacial score (nSPS) is 11.5. The Morgan fingerprint density at radius 1 is 1.04 bits per heavy atom. The fourth-order valence-electron chi connectivity index (χ4n) is 2.18. The van der Waals surface area contributed by atoms with E-state index in [2.05, 4.69) is 10.1 Å². The number of aryl methyl sites for hydroxylation is 1. The van der Waals surface area contributed by atoms with E-state index in [0.29, 0.717) is 11.3 Å². The molecule has 0 heterocycles. The van der Waals surface area contributed by atoms with Crippen molar-refractivity contribution in [3.8, 4) is 5.75 Å². The minimum atomic E-state index is -0.704. The molecule has 0 fully saturated rings. The Balaban J connectivity index is 2.06. The molecule has 1 N–H and O–H groups in total. The van der Waals surface area contributed by atoms with Crippen LogP contribution in [0.5, 0.6) is 5.75 Å². The number of carbonyl (C=O) groups excluding carboxylic acids is 2. The monoisotopic (exact) mass is 327 g/mol. The molecule has 0 bridgehead atoms. The number of ether oxygens (including phenoxy) is 2. The van der Waals surface area contributed by atoms with Crippen molar-refractivity contribution in [3.63, 3.8) is 0 Å². The summed E-state index contributed by atoms with van der Waals surface area (Å²) < 4.78 is 10.1. The molecule has 24 heavy (non-hydrogen) atoms. The van der Waals surface area contributed by atoms with Gasteiger partial charge in [-0.25, -0.2) is 4.79 Å². The van der Waals surface area contributed by atoms with Crippen molar-refractivity contribution >= 4 is 17.6 Å². The number of rotatable bonds is 5. The fraction of sp³-hybridized carbons (Fsp3) is 0.263. The summed E-state index contributed by atoms with van der Waals surface area (Å²) in [5.74, 6) is -0.154. The van der Waals surface area contributed by atoms with Crippen molar-refractivity contribution < 1.29 is 19.1 Å². The molecule has 0 saturated heterocycles. The van der Waals surface area contributed by atoms with E-state index < -0.39 is 12.1 Å². The average molecular weight is 327 g/mol. The zero-order valence-electron chi connectivity index (χ0n) is 14.3. The fourth-order valence-corrected chi connectivity index (χ4v) is 2.18. The van der Waals surface area contributed by atoms with Crippen molar-refractivity contribution in [3.05, 3.63) is 59.2 Å². The molecule has 0 spiro atoms. The Labute approximate surface area is 141 Å². The molecule has 0 aliphatic heterocycles. The molecular weight excluding hydrogens is 306 g/mol. The molecule has 126 valence electrons.